The fourth-order valence-corrected chi connectivity index (χ4v) is 4.27. The Balaban J connectivity index is 1.72. The molecule has 2 N–H and O–H groups in total. The van der Waals surface area contributed by atoms with E-state index in [2.05, 4.69) is 20.6 Å². The minimum Gasteiger partial charge on any atom is -0.493 e. The van der Waals surface area contributed by atoms with Gasteiger partial charge in [0.1, 0.15) is 17.9 Å². The first-order valence-corrected chi connectivity index (χ1v) is 13.4. The van der Waals surface area contributed by atoms with Crippen molar-refractivity contribution in [2.45, 2.75) is 13.3 Å². The number of nitrogens with zero attached hydrogens (tertiary/aromatic N) is 2. The van der Waals surface area contributed by atoms with Gasteiger partial charge in [0.25, 0.3) is 0 Å². The van der Waals surface area contributed by atoms with Crippen LogP contribution in [0.5, 0.6) is 5.75 Å². The molecule has 3 aromatic rings. The number of halogens is 1. The Morgan fingerprint density at radius 3 is 2.66 bits per heavy atom. The molecule has 9 heteroatoms. The average Bonchev–Trinajstić information content (AvgIpc) is 2.76. The predicted molar refractivity (Wildman–Crippen MR) is 132 cm³/mol. The summed E-state index contributed by atoms with van der Waals surface area (Å²) in [6.45, 7) is 7.40. The molecule has 0 unspecified atom stereocenters. The minimum atomic E-state index is -2.48. The van der Waals surface area contributed by atoms with E-state index in [1.165, 1.54) is 6.20 Å². The second-order valence-electron chi connectivity index (χ2n) is 7.43. The predicted octanol–water partition coefficient (Wildman–Crippen LogP) is 5.67. The highest BCUT2D eigenvalue weighted by molar-refractivity contribution is 7.70. The molecular weight excluding hydrogens is 447 g/mol. The quantitative estimate of drug-likeness (QED) is 0.273. The molecular formula is C23H28ClN4O3P. The molecule has 0 spiro atoms. The average molecular weight is 475 g/mol. The number of anilines is 4. The third-order valence-corrected chi connectivity index (χ3v) is 6.30. The third-order valence-electron chi connectivity index (χ3n) is 4.48. The van der Waals surface area contributed by atoms with E-state index in [1.54, 1.807) is 13.3 Å². The molecule has 0 aliphatic carbocycles. The lowest BCUT2D eigenvalue weighted by Gasteiger charge is -2.16. The Labute approximate surface area is 193 Å². The molecule has 0 aliphatic rings. The minimum absolute atomic E-state index is 0.360. The first-order valence-electron chi connectivity index (χ1n) is 10.4. The summed E-state index contributed by atoms with van der Waals surface area (Å²) in [5.74, 6) is 1.54. The van der Waals surface area contributed by atoms with Crippen LogP contribution in [0.15, 0.2) is 54.7 Å². The number of hydrogen-bond donors (Lipinski definition) is 2. The number of aromatic nitrogens is 2. The molecule has 1 aromatic heterocycles. The van der Waals surface area contributed by atoms with Gasteiger partial charge in [-0.3, -0.25) is 0 Å². The van der Waals surface area contributed by atoms with Crippen molar-refractivity contribution in [2.24, 2.45) is 0 Å². The molecule has 0 aliphatic heterocycles. The molecule has 32 heavy (non-hydrogen) atoms. The summed E-state index contributed by atoms with van der Waals surface area (Å²) >= 11 is 6.32. The fourth-order valence-electron chi connectivity index (χ4n) is 2.98. The van der Waals surface area contributed by atoms with Gasteiger partial charge in [0, 0.05) is 36.7 Å². The molecule has 0 fully saturated rings. The van der Waals surface area contributed by atoms with Crippen molar-refractivity contribution in [2.75, 3.05) is 43.8 Å². The summed E-state index contributed by atoms with van der Waals surface area (Å²) in [5, 5.41) is 7.47. The summed E-state index contributed by atoms with van der Waals surface area (Å²) in [7, 11) is -2.48. The highest BCUT2D eigenvalue weighted by Crippen LogP contribution is 2.38. The third kappa shape index (κ3) is 6.95. The van der Waals surface area contributed by atoms with E-state index in [0.29, 0.717) is 42.3 Å². The number of hydrogen-bond acceptors (Lipinski definition) is 7. The molecule has 2 aromatic carbocycles. The van der Waals surface area contributed by atoms with Gasteiger partial charge in [0.05, 0.1) is 18.5 Å². The molecule has 0 atom stereocenters. The van der Waals surface area contributed by atoms with Crippen LogP contribution in [-0.4, -0.2) is 43.1 Å². The number of rotatable bonds is 11. The van der Waals surface area contributed by atoms with E-state index in [4.69, 9.17) is 21.1 Å². The summed E-state index contributed by atoms with van der Waals surface area (Å²) in [6.07, 6.45) is 2.35. The van der Waals surface area contributed by atoms with Gasteiger partial charge in [-0.1, -0.05) is 29.8 Å². The Hall–Kier alpha value is -2.60. The Morgan fingerprint density at radius 1 is 1.06 bits per heavy atom. The Morgan fingerprint density at radius 2 is 1.88 bits per heavy atom. The lowest BCUT2D eigenvalue weighted by atomic mass is 10.3. The Bertz CT molecular complexity index is 1090. The van der Waals surface area contributed by atoms with E-state index in [-0.39, 0.29) is 0 Å². The van der Waals surface area contributed by atoms with Crippen molar-refractivity contribution < 1.29 is 14.0 Å². The van der Waals surface area contributed by atoms with E-state index >= 15 is 0 Å². The lowest BCUT2D eigenvalue weighted by molar-refractivity contribution is 0.131. The van der Waals surface area contributed by atoms with E-state index in [9.17, 15) is 4.57 Å². The maximum atomic E-state index is 12.6. The maximum Gasteiger partial charge on any atom is 0.229 e. The van der Waals surface area contributed by atoms with Crippen LogP contribution in [0.4, 0.5) is 23.1 Å². The van der Waals surface area contributed by atoms with Gasteiger partial charge in [0.2, 0.25) is 5.95 Å². The highest BCUT2D eigenvalue weighted by Gasteiger charge is 2.17. The first-order chi connectivity index (χ1) is 15.4. The topological polar surface area (TPSA) is 85.4 Å². The van der Waals surface area contributed by atoms with Gasteiger partial charge in [-0.2, -0.15) is 4.98 Å². The smallest absolute Gasteiger partial charge is 0.229 e. The van der Waals surface area contributed by atoms with Crippen LogP contribution in [0.25, 0.3) is 0 Å². The summed E-state index contributed by atoms with van der Waals surface area (Å²) < 4.78 is 23.7. The number of nitrogens with one attached hydrogen (secondary N) is 2. The molecule has 170 valence electrons. The number of benzene rings is 2. The van der Waals surface area contributed by atoms with Crippen molar-refractivity contribution >= 4 is 47.2 Å². The molecule has 0 amide bonds. The molecule has 0 saturated heterocycles. The van der Waals surface area contributed by atoms with Crippen LogP contribution in [0, 0.1) is 0 Å². The summed E-state index contributed by atoms with van der Waals surface area (Å²) in [5.41, 5.74) is 1.49. The van der Waals surface area contributed by atoms with Crippen molar-refractivity contribution in [3.63, 3.8) is 0 Å². The Kier molecular flexibility index (Phi) is 8.51. The summed E-state index contributed by atoms with van der Waals surface area (Å²) in [6, 6.07) is 15.0. The van der Waals surface area contributed by atoms with Crippen molar-refractivity contribution in [1.82, 2.24) is 9.97 Å². The highest BCUT2D eigenvalue weighted by atomic mass is 35.5. The van der Waals surface area contributed by atoms with Crippen molar-refractivity contribution in [3.8, 4) is 5.75 Å². The largest absolute Gasteiger partial charge is 0.493 e. The second kappa shape index (κ2) is 11.3. The van der Waals surface area contributed by atoms with Crippen LogP contribution < -0.4 is 20.7 Å². The molecule has 0 radical (unpaired) electrons. The van der Waals surface area contributed by atoms with Gasteiger partial charge in [0.15, 0.2) is 5.82 Å². The standard InChI is InChI=1S/C23H28ClN4O3P/c1-4-30-13-8-14-31-18-10-7-9-17(15-18)26-23-25-16-19(24)22(28-23)27-20-11-5-6-12-21(20)32(2,3)29/h5-7,9-12,15-16H,4,8,13-14H2,1-3H3,(H2,25,26,27,28). The lowest BCUT2D eigenvalue weighted by Crippen LogP contribution is -2.11. The van der Waals surface area contributed by atoms with E-state index < -0.39 is 7.14 Å². The van der Waals surface area contributed by atoms with E-state index in [0.717, 1.165) is 23.2 Å². The van der Waals surface area contributed by atoms with Crippen LogP contribution in [-0.2, 0) is 9.30 Å². The van der Waals surface area contributed by atoms with Gasteiger partial charge < -0.3 is 24.7 Å². The van der Waals surface area contributed by atoms with Crippen LogP contribution in [0.2, 0.25) is 5.02 Å². The van der Waals surface area contributed by atoms with Gasteiger partial charge in [-0.25, -0.2) is 4.98 Å². The fraction of sp³-hybridized carbons (Fsp3) is 0.304. The molecule has 1 heterocycles. The van der Waals surface area contributed by atoms with Crippen molar-refractivity contribution in [1.29, 1.82) is 0 Å². The first kappa shape index (κ1) is 24.1. The SMILES string of the molecule is CCOCCCOc1cccc(Nc2ncc(Cl)c(Nc3ccccc3P(C)(C)=O)n2)c1. The second-order valence-corrected chi connectivity index (χ2v) is 11.0. The number of para-hydroxylation sites is 1. The zero-order valence-electron chi connectivity index (χ0n) is 18.5. The van der Waals surface area contributed by atoms with Gasteiger partial charge >= 0.3 is 0 Å². The normalized spacial score (nSPS) is 11.2. The molecule has 3 rings (SSSR count). The number of ether oxygens (including phenoxy) is 2. The summed E-state index contributed by atoms with van der Waals surface area (Å²) in [4.78, 5) is 8.77. The molecule has 7 nitrogen and oxygen atoms in total. The molecule has 0 bridgehead atoms. The van der Waals surface area contributed by atoms with Gasteiger partial charge in [-0.15, -0.1) is 0 Å². The zero-order chi connectivity index (χ0) is 23.0. The zero-order valence-corrected chi connectivity index (χ0v) is 20.1. The van der Waals surface area contributed by atoms with Crippen molar-refractivity contribution in [3.05, 3.63) is 59.8 Å². The van der Waals surface area contributed by atoms with Gasteiger partial charge in [-0.05, 0) is 44.5 Å². The maximum absolute atomic E-state index is 12.6. The van der Waals surface area contributed by atoms with Crippen LogP contribution in [0.1, 0.15) is 13.3 Å². The van der Waals surface area contributed by atoms with Crippen LogP contribution in [0.3, 0.4) is 0 Å². The monoisotopic (exact) mass is 474 g/mol. The molecule has 0 saturated carbocycles. The van der Waals surface area contributed by atoms with E-state index in [1.807, 2.05) is 55.5 Å². The van der Waals surface area contributed by atoms with Crippen LogP contribution >= 0.6 is 18.7 Å².